The predicted octanol–water partition coefficient (Wildman–Crippen LogP) is 1.89. The summed E-state index contributed by atoms with van der Waals surface area (Å²) >= 11 is 1.96. The number of aromatic nitrogens is 2. The molecule has 1 N–H and O–H groups in total. The van der Waals surface area contributed by atoms with Gasteiger partial charge in [-0.3, -0.25) is 4.68 Å². The summed E-state index contributed by atoms with van der Waals surface area (Å²) in [4.78, 5) is 0. The molecule has 1 saturated carbocycles. The van der Waals surface area contributed by atoms with Gasteiger partial charge >= 0.3 is 0 Å². The topological polar surface area (TPSA) is 29.9 Å². The van der Waals surface area contributed by atoms with Gasteiger partial charge in [-0.15, -0.1) is 0 Å². The molecular weight excluding hydrogens is 206 g/mol. The average Bonchev–Trinajstić information content (AvgIpc) is 2.97. The van der Waals surface area contributed by atoms with Gasteiger partial charge in [-0.1, -0.05) is 6.92 Å². The van der Waals surface area contributed by atoms with Crippen molar-refractivity contribution in [2.75, 3.05) is 11.5 Å². The molecule has 1 fully saturated rings. The van der Waals surface area contributed by atoms with Crippen LogP contribution in [0.2, 0.25) is 0 Å². The lowest BCUT2D eigenvalue weighted by Gasteiger charge is -2.00. The Hall–Kier alpha value is -0.480. The van der Waals surface area contributed by atoms with Crippen LogP contribution in [0, 0.1) is 0 Å². The van der Waals surface area contributed by atoms with Crippen LogP contribution in [0.5, 0.6) is 0 Å². The fraction of sp³-hybridized carbons (Fsp3) is 0.727. The summed E-state index contributed by atoms with van der Waals surface area (Å²) in [5, 5.41) is 7.84. The molecule has 1 aromatic heterocycles. The van der Waals surface area contributed by atoms with Gasteiger partial charge in [-0.2, -0.15) is 16.9 Å². The molecule has 84 valence electrons. The highest BCUT2D eigenvalue weighted by atomic mass is 32.2. The van der Waals surface area contributed by atoms with E-state index in [1.54, 1.807) is 0 Å². The molecule has 0 aromatic carbocycles. The Bertz CT molecular complexity index is 294. The molecule has 1 heterocycles. The summed E-state index contributed by atoms with van der Waals surface area (Å²) in [5.74, 6) is 2.35. The van der Waals surface area contributed by atoms with E-state index in [0.717, 1.165) is 24.9 Å². The first kappa shape index (κ1) is 11.0. The summed E-state index contributed by atoms with van der Waals surface area (Å²) < 4.78 is 2.05. The van der Waals surface area contributed by atoms with Crippen molar-refractivity contribution in [3.05, 3.63) is 18.0 Å². The molecule has 1 aliphatic rings. The first-order chi connectivity index (χ1) is 7.38. The Balaban J connectivity index is 1.70. The minimum atomic E-state index is 0.781. The first-order valence-corrected chi connectivity index (χ1v) is 6.86. The maximum absolute atomic E-state index is 4.35. The zero-order valence-electron chi connectivity index (χ0n) is 9.28. The first-order valence-electron chi connectivity index (χ1n) is 5.71. The molecular formula is C11H19N3S. The Kier molecular flexibility index (Phi) is 4.09. The highest BCUT2D eigenvalue weighted by Crippen LogP contribution is 2.19. The van der Waals surface area contributed by atoms with Crippen molar-refractivity contribution in [1.82, 2.24) is 15.1 Å². The molecule has 4 heteroatoms. The zero-order chi connectivity index (χ0) is 10.5. The Morgan fingerprint density at radius 2 is 2.47 bits per heavy atom. The third-order valence-corrected chi connectivity index (χ3v) is 3.41. The van der Waals surface area contributed by atoms with Gasteiger partial charge in [0, 0.05) is 36.6 Å². The van der Waals surface area contributed by atoms with E-state index in [0.29, 0.717) is 0 Å². The third-order valence-electron chi connectivity index (χ3n) is 2.53. The molecule has 15 heavy (non-hydrogen) atoms. The molecule has 2 rings (SSSR count). The summed E-state index contributed by atoms with van der Waals surface area (Å²) in [6, 6.07) is 0.781. The lowest BCUT2D eigenvalue weighted by molar-refractivity contribution is 0.661. The SMILES string of the molecule is CCSCCn1cc(CNC2CC2)cn1. The van der Waals surface area contributed by atoms with Gasteiger partial charge in [0.25, 0.3) is 0 Å². The molecule has 0 atom stereocenters. The van der Waals surface area contributed by atoms with Gasteiger partial charge in [0.2, 0.25) is 0 Å². The van der Waals surface area contributed by atoms with E-state index < -0.39 is 0 Å². The standard InChI is InChI=1S/C11H19N3S/c1-2-15-6-5-14-9-10(8-13-14)7-12-11-3-4-11/h8-9,11-12H,2-7H2,1H3. The molecule has 3 nitrogen and oxygen atoms in total. The predicted molar refractivity (Wildman–Crippen MR) is 65.1 cm³/mol. The van der Waals surface area contributed by atoms with Crippen molar-refractivity contribution in [1.29, 1.82) is 0 Å². The molecule has 1 aliphatic carbocycles. The van der Waals surface area contributed by atoms with Crippen LogP contribution in [0.3, 0.4) is 0 Å². The van der Waals surface area contributed by atoms with Crippen LogP contribution in [-0.4, -0.2) is 27.3 Å². The summed E-state index contributed by atoms with van der Waals surface area (Å²) in [6.45, 7) is 4.20. The number of aryl methyl sites for hydroxylation is 1. The van der Waals surface area contributed by atoms with Crippen LogP contribution in [-0.2, 0) is 13.1 Å². The van der Waals surface area contributed by atoms with Crippen LogP contribution < -0.4 is 5.32 Å². The van der Waals surface area contributed by atoms with Crippen molar-refractivity contribution in [2.24, 2.45) is 0 Å². The van der Waals surface area contributed by atoms with Crippen LogP contribution in [0.1, 0.15) is 25.3 Å². The summed E-state index contributed by atoms with van der Waals surface area (Å²) in [7, 11) is 0. The number of nitrogens with zero attached hydrogens (tertiary/aromatic N) is 2. The molecule has 0 saturated heterocycles. The molecule has 0 bridgehead atoms. The van der Waals surface area contributed by atoms with Crippen molar-refractivity contribution in [3.8, 4) is 0 Å². The third kappa shape index (κ3) is 3.87. The minimum absolute atomic E-state index is 0.781. The van der Waals surface area contributed by atoms with E-state index in [1.165, 1.54) is 24.2 Å². The average molecular weight is 225 g/mol. The van der Waals surface area contributed by atoms with Crippen molar-refractivity contribution >= 4 is 11.8 Å². The molecule has 0 unspecified atom stereocenters. The second kappa shape index (κ2) is 5.56. The number of hydrogen-bond acceptors (Lipinski definition) is 3. The Morgan fingerprint density at radius 3 is 3.20 bits per heavy atom. The molecule has 0 aliphatic heterocycles. The Labute approximate surface area is 95.6 Å². The van der Waals surface area contributed by atoms with Crippen LogP contribution in [0.15, 0.2) is 12.4 Å². The fourth-order valence-electron chi connectivity index (χ4n) is 1.47. The smallest absolute Gasteiger partial charge is 0.0534 e. The van der Waals surface area contributed by atoms with Crippen molar-refractivity contribution in [2.45, 2.75) is 38.9 Å². The van der Waals surface area contributed by atoms with Gasteiger partial charge in [0.05, 0.1) is 6.20 Å². The second-order valence-electron chi connectivity index (χ2n) is 3.96. The highest BCUT2D eigenvalue weighted by Gasteiger charge is 2.19. The molecule has 0 spiro atoms. The van der Waals surface area contributed by atoms with Crippen molar-refractivity contribution < 1.29 is 0 Å². The van der Waals surface area contributed by atoms with Gasteiger partial charge < -0.3 is 5.32 Å². The van der Waals surface area contributed by atoms with Crippen LogP contribution in [0.25, 0.3) is 0 Å². The number of rotatable bonds is 7. The fourth-order valence-corrected chi connectivity index (χ4v) is 2.08. The van der Waals surface area contributed by atoms with E-state index in [1.807, 2.05) is 22.6 Å². The minimum Gasteiger partial charge on any atom is -0.310 e. The lowest BCUT2D eigenvalue weighted by atomic mass is 10.3. The zero-order valence-corrected chi connectivity index (χ0v) is 10.1. The second-order valence-corrected chi connectivity index (χ2v) is 5.36. The lowest BCUT2D eigenvalue weighted by Crippen LogP contribution is -2.14. The van der Waals surface area contributed by atoms with Gasteiger partial charge in [0.1, 0.15) is 0 Å². The summed E-state index contributed by atoms with van der Waals surface area (Å²) in [5.41, 5.74) is 1.31. The molecule has 0 radical (unpaired) electrons. The Morgan fingerprint density at radius 1 is 1.60 bits per heavy atom. The molecule has 1 aromatic rings. The summed E-state index contributed by atoms with van der Waals surface area (Å²) in [6.07, 6.45) is 6.83. The number of thioether (sulfide) groups is 1. The van der Waals surface area contributed by atoms with E-state index in [9.17, 15) is 0 Å². The van der Waals surface area contributed by atoms with Gasteiger partial charge in [-0.05, 0) is 18.6 Å². The normalized spacial score (nSPS) is 15.8. The maximum Gasteiger partial charge on any atom is 0.0534 e. The molecule has 0 amide bonds. The van der Waals surface area contributed by atoms with Crippen LogP contribution in [0.4, 0.5) is 0 Å². The maximum atomic E-state index is 4.35. The highest BCUT2D eigenvalue weighted by molar-refractivity contribution is 7.99. The number of hydrogen-bond donors (Lipinski definition) is 1. The van der Waals surface area contributed by atoms with E-state index >= 15 is 0 Å². The van der Waals surface area contributed by atoms with E-state index in [2.05, 4.69) is 23.5 Å². The monoisotopic (exact) mass is 225 g/mol. The van der Waals surface area contributed by atoms with Crippen molar-refractivity contribution in [3.63, 3.8) is 0 Å². The van der Waals surface area contributed by atoms with Crippen LogP contribution >= 0.6 is 11.8 Å². The van der Waals surface area contributed by atoms with E-state index in [-0.39, 0.29) is 0 Å². The van der Waals surface area contributed by atoms with Gasteiger partial charge in [0.15, 0.2) is 0 Å². The quantitative estimate of drug-likeness (QED) is 0.719. The van der Waals surface area contributed by atoms with Gasteiger partial charge in [-0.25, -0.2) is 0 Å². The largest absolute Gasteiger partial charge is 0.310 e. The number of nitrogens with one attached hydrogen (secondary N) is 1. The van der Waals surface area contributed by atoms with E-state index in [4.69, 9.17) is 0 Å².